The molecule has 2 heterocycles. The summed E-state index contributed by atoms with van der Waals surface area (Å²) in [5.41, 5.74) is 1.39. The summed E-state index contributed by atoms with van der Waals surface area (Å²) in [6, 6.07) is 4.98. The lowest BCUT2D eigenvalue weighted by Gasteiger charge is -2.41. The highest BCUT2D eigenvalue weighted by Gasteiger charge is 2.48. The molecular formula is C23H26N2O9. The van der Waals surface area contributed by atoms with Crippen LogP contribution in [0.1, 0.15) is 51.2 Å². The van der Waals surface area contributed by atoms with Crippen LogP contribution in [0.4, 0.5) is 5.69 Å². The van der Waals surface area contributed by atoms with Gasteiger partial charge in [0.05, 0.1) is 12.1 Å². The van der Waals surface area contributed by atoms with E-state index in [1.54, 1.807) is 29.0 Å². The molecule has 0 aliphatic carbocycles. The minimum Gasteiger partial charge on any atom is -0.456 e. The zero-order chi connectivity index (χ0) is 25.2. The molecule has 34 heavy (non-hydrogen) atoms. The number of Topliss-reactive ketones (excluding diaryl/α,β-unsaturated/α-hetero) is 1. The normalized spacial score (nSPS) is 22.0. The number of aromatic nitrogens is 1. The lowest BCUT2D eigenvalue weighted by Crippen LogP contribution is -2.55. The predicted molar refractivity (Wildman–Crippen MR) is 118 cm³/mol. The van der Waals surface area contributed by atoms with Crippen LogP contribution in [0.3, 0.4) is 0 Å². The molecule has 1 N–H and O–H groups in total. The van der Waals surface area contributed by atoms with E-state index in [9.17, 15) is 24.0 Å². The van der Waals surface area contributed by atoms with E-state index in [0.29, 0.717) is 22.2 Å². The van der Waals surface area contributed by atoms with Gasteiger partial charge in [-0.05, 0) is 25.1 Å². The Morgan fingerprint density at radius 1 is 0.912 bits per heavy atom. The van der Waals surface area contributed by atoms with Gasteiger partial charge in [0.25, 0.3) is 0 Å². The van der Waals surface area contributed by atoms with Gasteiger partial charge in [-0.2, -0.15) is 0 Å². The standard InChI is InChI=1S/C23H26N2O9/c1-11(26)18-9-25(19-7-6-16(8-17(18)19)24-12(2)27)23-22(34-15(5)30)21(33-14(4)29)20(10-31-23)32-13(3)28/h6-9,20-23H,10H2,1-5H3,(H,24,27)/t20-,21-,22+,23+/m0/s1. The summed E-state index contributed by atoms with van der Waals surface area (Å²) in [7, 11) is 0. The van der Waals surface area contributed by atoms with Crippen molar-refractivity contribution in [2.45, 2.75) is 59.2 Å². The number of nitrogens with zero attached hydrogens (tertiary/aromatic N) is 1. The molecule has 11 heteroatoms. The third kappa shape index (κ3) is 5.42. The number of amides is 1. The third-order valence-electron chi connectivity index (χ3n) is 5.13. The lowest BCUT2D eigenvalue weighted by atomic mass is 10.0. The Labute approximate surface area is 195 Å². The van der Waals surface area contributed by atoms with Crippen molar-refractivity contribution in [3.8, 4) is 0 Å². The maximum Gasteiger partial charge on any atom is 0.303 e. The van der Waals surface area contributed by atoms with Crippen LogP contribution in [0.2, 0.25) is 0 Å². The van der Waals surface area contributed by atoms with Crippen LogP contribution in [0, 0.1) is 0 Å². The second kappa shape index (κ2) is 10.0. The second-order valence-corrected chi connectivity index (χ2v) is 7.94. The summed E-state index contributed by atoms with van der Waals surface area (Å²) in [5, 5.41) is 3.21. The Kier molecular flexibility index (Phi) is 7.35. The first kappa shape index (κ1) is 24.9. The Morgan fingerprint density at radius 3 is 2.09 bits per heavy atom. The quantitative estimate of drug-likeness (QED) is 0.379. The van der Waals surface area contributed by atoms with E-state index in [-0.39, 0.29) is 18.3 Å². The van der Waals surface area contributed by atoms with Crippen molar-refractivity contribution in [3.05, 3.63) is 30.0 Å². The van der Waals surface area contributed by atoms with E-state index >= 15 is 0 Å². The molecule has 182 valence electrons. The van der Waals surface area contributed by atoms with Crippen molar-refractivity contribution in [1.82, 2.24) is 4.57 Å². The van der Waals surface area contributed by atoms with Gasteiger partial charge in [-0.25, -0.2) is 0 Å². The Bertz CT molecular complexity index is 1150. The summed E-state index contributed by atoms with van der Waals surface area (Å²) < 4.78 is 23.7. The smallest absolute Gasteiger partial charge is 0.303 e. The predicted octanol–water partition coefficient (Wildman–Crippen LogP) is 2.13. The number of carbonyl (C=O) groups excluding carboxylic acids is 5. The van der Waals surface area contributed by atoms with Gasteiger partial charge in [0.2, 0.25) is 5.91 Å². The molecule has 0 unspecified atom stereocenters. The number of hydrogen-bond donors (Lipinski definition) is 1. The number of anilines is 1. The Morgan fingerprint density at radius 2 is 1.53 bits per heavy atom. The Balaban J connectivity index is 2.13. The first-order valence-electron chi connectivity index (χ1n) is 10.5. The fourth-order valence-corrected chi connectivity index (χ4v) is 3.99. The van der Waals surface area contributed by atoms with E-state index in [1.807, 2.05) is 0 Å². The lowest BCUT2D eigenvalue weighted by molar-refractivity contribution is -0.239. The maximum atomic E-state index is 12.4. The number of ketones is 1. The van der Waals surface area contributed by atoms with E-state index in [4.69, 9.17) is 18.9 Å². The highest BCUT2D eigenvalue weighted by Crippen LogP contribution is 2.35. The summed E-state index contributed by atoms with van der Waals surface area (Å²) >= 11 is 0. The van der Waals surface area contributed by atoms with Crippen LogP contribution < -0.4 is 5.32 Å². The molecule has 1 aromatic heterocycles. The maximum absolute atomic E-state index is 12.4. The average molecular weight is 474 g/mol. The molecular weight excluding hydrogens is 448 g/mol. The van der Waals surface area contributed by atoms with E-state index in [1.165, 1.54) is 34.6 Å². The van der Waals surface area contributed by atoms with Crippen molar-refractivity contribution < 1.29 is 42.9 Å². The van der Waals surface area contributed by atoms with Crippen LogP contribution in [-0.2, 0) is 38.1 Å². The molecule has 0 bridgehead atoms. The molecule has 1 aromatic carbocycles. The number of carbonyl (C=O) groups is 5. The SMILES string of the molecule is CC(=O)Nc1ccc2c(c1)c(C(C)=O)cn2[C@@H]1OC[C@H](OC(C)=O)[C@H](OC(C)=O)[C@H]1OC(C)=O. The van der Waals surface area contributed by atoms with Crippen molar-refractivity contribution in [2.24, 2.45) is 0 Å². The number of hydrogen-bond acceptors (Lipinski definition) is 9. The molecule has 1 saturated heterocycles. The molecule has 0 radical (unpaired) electrons. The van der Waals surface area contributed by atoms with Gasteiger partial charge >= 0.3 is 17.9 Å². The van der Waals surface area contributed by atoms with Gasteiger partial charge in [-0.3, -0.25) is 24.0 Å². The number of rotatable bonds is 6. The molecule has 11 nitrogen and oxygen atoms in total. The zero-order valence-corrected chi connectivity index (χ0v) is 19.4. The molecule has 1 fully saturated rings. The van der Waals surface area contributed by atoms with Crippen LogP contribution in [0.15, 0.2) is 24.4 Å². The fourth-order valence-electron chi connectivity index (χ4n) is 3.99. The van der Waals surface area contributed by atoms with Gasteiger partial charge in [-0.15, -0.1) is 0 Å². The highest BCUT2D eigenvalue weighted by atomic mass is 16.6. The van der Waals surface area contributed by atoms with E-state index < -0.39 is 42.4 Å². The first-order chi connectivity index (χ1) is 16.0. The Hall–Kier alpha value is -3.73. The topological polar surface area (TPSA) is 139 Å². The summed E-state index contributed by atoms with van der Waals surface area (Å²) in [4.78, 5) is 59.2. The molecule has 1 amide bonds. The highest BCUT2D eigenvalue weighted by molar-refractivity contribution is 6.08. The van der Waals surface area contributed by atoms with Gasteiger partial charge in [0, 0.05) is 50.5 Å². The first-order valence-corrected chi connectivity index (χ1v) is 10.5. The van der Waals surface area contributed by atoms with Crippen LogP contribution in [0.25, 0.3) is 10.9 Å². The van der Waals surface area contributed by atoms with Gasteiger partial charge < -0.3 is 28.8 Å². The van der Waals surface area contributed by atoms with Crippen molar-refractivity contribution >= 4 is 46.2 Å². The minimum atomic E-state index is -1.19. The number of benzene rings is 1. The van der Waals surface area contributed by atoms with Crippen molar-refractivity contribution in [1.29, 1.82) is 0 Å². The molecule has 4 atom stereocenters. The molecule has 1 aliphatic rings. The van der Waals surface area contributed by atoms with Crippen LogP contribution >= 0.6 is 0 Å². The molecule has 1 aliphatic heterocycles. The molecule has 3 rings (SSSR count). The number of ether oxygens (including phenoxy) is 4. The van der Waals surface area contributed by atoms with Gasteiger partial charge in [0.1, 0.15) is 0 Å². The van der Waals surface area contributed by atoms with Crippen molar-refractivity contribution in [3.63, 3.8) is 0 Å². The summed E-state index contributed by atoms with van der Waals surface area (Å²) in [6.45, 7) is 6.18. The number of esters is 3. The molecule has 0 saturated carbocycles. The van der Waals surface area contributed by atoms with Crippen LogP contribution in [-0.4, -0.2) is 59.1 Å². The second-order valence-electron chi connectivity index (χ2n) is 7.94. The largest absolute Gasteiger partial charge is 0.456 e. The van der Waals surface area contributed by atoms with Crippen LogP contribution in [0.5, 0.6) is 0 Å². The summed E-state index contributed by atoms with van der Waals surface area (Å²) in [6.07, 6.45) is -2.82. The van der Waals surface area contributed by atoms with Gasteiger partial charge in [-0.1, -0.05) is 0 Å². The third-order valence-corrected chi connectivity index (χ3v) is 5.13. The molecule has 0 spiro atoms. The van der Waals surface area contributed by atoms with E-state index in [0.717, 1.165) is 0 Å². The monoisotopic (exact) mass is 474 g/mol. The summed E-state index contributed by atoms with van der Waals surface area (Å²) in [5.74, 6) is -2.47. The average Bonchev–Trinajstić information content (AvgIpc) is 3.08. The van der Waals surface area contributed by atoms with Gasteiger partial charge in [0.15, 0.2) is 30.3 Å². The van der Waals surface area contributed by atoms with Crippen molar-refractivity contribution in [2.75, 3.05) is 11.9 Å². The molecule has 2 aromatic rings. The fraction of sp³-hybridized carbons (Fsp3) is 0.435. The number of fused-ring (bicyclic) bond motifs is 1. The van der Waals surface area contributed by atoms with E-state index in [2.05, 4.69) is 5.32 Å². The number of nitrogens with one attached hydrogen (secondary N) is 1. The zero-order valence-electron chi connectivity index (χ0n) is 19.4. The minimum absolute atomic E-state index is 0.154.